The molecule has 24 heavy (non-hydrogen) atoms. The highest BCUT2D eigenvalue weighted by Gasteiger charge is 2.35. The number of para-hydroxylation sites is 1. The molecule has 1 aromatic rings. The van der Waals surface area contributed by atoms with Crippen LogP contribution in [-0.4, -0.2) is 40.9 Å². The van der Waals surface area contributed by atoms with Gasteiger partial charge in [0, 0.05) is 24.2 Å². The SMILES string of the molecule is CCOC(=O)C(C)CN(C(=O)Cc1ccccc1[N+](=O)[O-])C1CC1. The maximum absolute atomic E-state index is 12.6. The van der Waals surface area contributed by atoms with E-state index in [1.165, 1.54) is 6.07 Å². The zero-order valence-corrected chi connectivity index (χ0v) is 13.9. The lowest BCUT2D eigenvalue weighted by atomic mass is 10.1. The molecule has 7 nitrogen and oxygen atoms in total. The zero-order chi connectivity index (χ0) is 17.7. The van der Waals surface area contributed by atoms with E-state index in [4.69, 9.17) is 4.74 Å². The molecule has 1 fully saturated rings. The van der Waals surface area contributed by atoms with Crippen LogP contribution in [0, 0.1) is 16.0 Å². The number of esters is 1. The van der Waals surface area contributed by atoms with Gasteiger partial charge in [0.1, 0.15) is 0 Å². The summed E-state index contributed by atoms with van der Waals surface area (Å²) < 4.78 is 4.99. The van der Waals surface area contributed by atoms with Gasteiger partial charge in [-0.05, 0) is 19.8 Å². The van der Waals surface area contributed by atoms with Gasteiger partial charge in [0.2, 0.25) is 5.91 Å². The predicted octanol–water partition coefficient (Wildman–Crippen LogP) is 2.33. The van der Waals surface area contributed by atoms with Crippen LogP contribution in [0.1, 0.15) is 32.3 Å². The Balaban J connectivity index is 2.08. The number of rotatable bonds is 8. The van der Waals surface area contributed by atoms with Crippen LogP contribution in [0.3, 0.4) is 0 Å². The summed E-state index contributed by atoms with van der Waals surface area (Å²) in [4.78, 5) is 36.7. The lowest BCUT2D eigenvalue weighted by Gasteiger charge is -2.25. The number of nitro groups is 1. The van der Waals surface area contributed by atoms with Crippen molar-refractivity contribution in [2.75, 3.05) is 13.2 Å². The van der Waals surface area contributed by atoms with E-state index in [1.54, 1.807) is 36.9 Å². The van der Waals surface area contributed by atoms with Gasteiger partial charge in [-0.3, -0.25) is 19.7 Å². The third-order valence-electron chi connectivity index (χ3n) is 4.00. The van der Waals surface area contributed by atoms with Crippen LogP contribution in [0.15, 0.2) is 24.3 Å². The van der Waals surface area contributed by atoms with Crippen molar-refractivity contribution in [3.63, 3.8) is 0 Å². The number of nitrogens with zero attached hydrogens (tertiary/aromatic N) is 2. The number of nitro benzene ring substituents is 1. The van der Waals surface area contributed by atoms with Gasteiger partial charge in [-0.1, -0.05) is 25.1 Å². The lowest BCUT2D eigenvalue weighted by Crippen LogP contribution is -2.39. The first-order chi connectivity index (χ1) is 11.4. The number of amides is 1. The molecule has 0 saturated heterocycles. The maximum Gasteiger partial charge on any atom is 0.310 e. The summed E-state index contributed by atoms with van der Waals surface area (Å²) in [6.07, 6.45) is 1.76. The van der Waals surface area contributed by atoms with E-state index >= 15 is 0 Å². The van der Waals surface area contributed by atoms with Gasteiger partial charge in [-0.15, -0.1) is 0 Å². The molecular formula is C17H22N2O5. The van der Waals surface area contributed by atoms with Crippen LogP contribution in [0.5, 0.6) is 0 Å². The Morgan fingerprint density at radius 1 is 1.38 bits per heavy atom. The summed E-state index contributed by atoms with van der Waals surface area (Å²) in [6.45, 7) is 4.05. The third-order valence-corrected chi connectivity index (χ3v) is 4.00. The molecule has 0 spiro atoms. The fraction of sp³-hybridized carbons (Fsp3) is 0.529. The Bertz CT molecular complexity index is 627. The molecule has 1 aliphatic carbocycles. The molecule has 0 radical (unpaired) electrons. The fourth-order valence-electron chi connectivity index (χ4n) is 2.60. The van der Waals surface area contributed by atoms with Crippen molar-refractivity contribution in [3.8, 4) is 0 Å². The second kappa shape index (κ2) is 7.90. The Kier molecular flexibility index (Phi) is 5.89. The molecule has 1 saturated carbocycles. The van der Waals surface area contributed by atoms with Crippen molar-refractivity contribution in [1.82, 2.24) is 4.90 Å². The Morgan fingerprint density at radius 2 is 2.04 bits per heavy atom. The molecule has 2 rings (SSSR count). The van der Waals surface area contributed by atoms with Crippen molar-refractivity contribution < 1.29 is 19.2 Å². The molecule has 0 aliphatic heterocycles. The standard InChI is InChI=1S/C17H22N2O5/c1-3-24-17(21)12(2)11-18(14-8-9-14)16(20)10-13-6-4-5-7-15(13)19(22)23/h4-7,12,14H,3,8-11H2,1-2H3. The van der Waals surface area contributed by atoms with Crippen LogP contribution in [-0.2, 0) is 20.7 Å². The summed E-state index contributed by atoms with van der Waals surface area (Å²) in [5, 5.41) is 11.1. The monoisotopic (exact) mass is 334 g/mol. The number of ether oxygens (including phenoxy) is 1. The predicted molar refractivity (Wildman–Crippen MR) is 87.3 cm³/mol. The van der Waals surface area contributed by atoms with E-state index in [9.17, 15) is 19.7 Å². The average molecular weight is 334 g/mol. The molecule has 0 heterocycles. The topological polar surface area (TPSA) is 89.8 Å². The van der Waals surface area contributed by atoms with E-state index in [0.29, 0.717) is 12.2 Å². The van der Waals surface area contributed by atoms with Gasteiger partial charge < -0.3 is 9.64 Å². The summed E-state index contributed by atoms with van der Waals surface area (Å²) in [5.74, 6) is -0.940. The molecule has 0 bridgehead atoms. The van der Waals surface area contributed by atoms with Crippen LogP contribution < -0.4 is 0 Å². The minimum absolute atomic E-state index is 0.0385. The van der Waals surface area contributed by atoms with Gasteiger partial charge in [0.15, 0.2) is 0 Å². The highest BCUT2D eigenvalue weighted by atomic mass is 16.6. The van der Waals surface area contributed by atoms with Gasteiger partial charge in [0.05, 0.1) is 23.9 Å². The fourth-order valence-corrected chi connectivity index (χ4v) is 2.60. The molecular weight excluding hydrogens is 312 g/mol. The number of hydrogen-bond acceptors (Lipinski definition) is 5. The van der Waals surface area contributed by atoms with Crippen molar-refractivity contribution in [2.24, 2.45) is 5.92 Å². The Hall–Kier alpha value is -2.44. The summed E-state index contributed by atoms with van der Waals surface area (Å²) in [7, 11) is 0. The minimum Gasteiger partial charge on any atom is -0.466 e. The van der Waals surface area contributed by atoms with Crippen LogP contribution in [0.4, 0.5) is 5.69 Å². The van der Waals surface area contributed by atoms with Gasteiger partial charge in [-0.25, -0.2) is 0 Å². The first-order valence-electron chi connectivity index (χ1n) is 8.12. The molecule has 0 N–H and O–H groups in total. The Morgan fingerprint density at radius 3 is 2.62 bits per heavy atom. The normalized spacial score (nSPS) is 14.8. The molecule has 130 valence electrons. The smallest absolute Gasteiger partial charge is 0.310 e. The second-order valence-corrected chi connectivity index (χ2v) is 5.99. The van der Waals surface area contributed by atoms with Crippen molar-refractivity contribution in [1.29, 1.82) is 0 Å². The maximum atomic E-state index is 12.6. The van der Waals surface area contributed by atoms with E-state index in [2.05, 4.69) is 0 Å². The van der Waals surface area contributed by atoms with Crippen LogP contribution in [0.2, 0.25) is 0 Å². The molecule has 1 unspecified atom stereocenters. The highest BCUT2D eigenvalue weighted by Crippen LogP contribution is 2.29. The number of carbonyl (C=O) groups excluding carboxylic acids is 2. The van der Waals surface area contributed by atoms with Crippen molar-refractivity contribution in [3.05, 3.63) is 39.9 Å². The lowest BCUT2D eigenvalue weighted by molar-refractivity contribution is -0.385. The van der Waals surface area contributed by atoms with E-state index in [0.717, 1.165) is 12.8 Å². The summed E-state index contributed by atoms with van der Waals surface area (Å²) >= 11 is 0. The summed E-state index contributed by atoms with van der Waals surface area (Å²) in [5.41, 5.74) is 0.335. The summed E-state index contributed by atoms with van der Waals surface area (Å²) in [6, 6.07) is 6.37. The van der Waals surface area contributed by atoms with Crippen molar-refractivity contribution >= 4 is 17.6 Å². The number of hydrogen-bond donors (Lipinski definition) is 0. The molecule has 1 atom stereocenters. The number of carbonyl (C=O) groups is 2. The van der Waals surface area contributed by atoms with E-state index in [1.807, 2.05) is 0 Å². The van der Waals surface area contributed by atoms with Gasteiger partial charge in [0.25, 0.3) is 5.69 Å². The Labute approximate surface area is 140 Å². The minimum atomic E-state index is -0.481. The largest absolute Gasteiger partial charge is 0.466 e. The van der Waals surface area contributed by atoms with Gasteiger partial charge in [-0.2, -0.15) is 0 Å². The molecule has 1 amide bonds. The number of benzene rings is 1. The molecule has 1 aliphatic rings. The zero-order valence-electron chi connectivity index (χ0n) is 13.9. The molecule has 1 aromatic carbocycles. The van der Waals surface area contributed by atoms with Gasteiger partial charge >= 0.3 is 5.97 Å². The molecule has 0 aromatic heterocycles. The average Bonchev–Trinajstić information content (AvgIpc) is 3.37. The van der Waals surface area contributed by atoms with Crippen molar-refractivity contribution in [2.45, 2.75) is 39.2 Å². The second-order valence-electron chi connectivity index (χ2n) is 5.99. The first kappa shape index (κ1) is 17.9. The van der Waals surface area contributed by atoms with E-state index in [-0.39, 0.29) is 36.6 Å². The quantitative estimate of drug-likeness (QED) is 0.413. The van der Waals surface area contributed by atoms with E-state index < -0.39 is 10.8 Å². The van der Waals surface area contributed by atoms with Crippen LogP contribution in [0.25, 0.3) is 0 Å². The highest BCUT2D eigenvalue weighted by molar-refractivity contribution is 5.81. The van der Waals surface area contributed by atoms with Crippen LogP contribution >= 0.6 is 0 Å². The molecule has 7 heteroatoms. The third kappa shape index (κ3) is 4.53. The first-order valence-corrected chi connectivity index (χ1v) is 8.12.